The van der Waals surface area contributed by atoms with Gasteiger partial charge >= 0.3 is 0 Å². The Morgan fingerprint density at radius 2 is 1.58 bits per heavy atom. The molecule has 1 heterocycles. The van der Waals surface area contributed by atoms with Gasteiger partial charge in [-0.2, -0.15) is 0 Å². The van der Waals surface area contributed by atoms with Crippen LogP contribution in [0, 0.1) is 17.8 Å². The molecule has 2 aromatic carbocycles. The van der Waals surface area contributed by atoms with Gasteiger partial charge in [0.05, 0.1) is 6.04 Å². The number of hydrogen-bond donors (Lipinski definition) is 1. The number of anilines is 1. The molecule has 0 saturated heterocycles. The van der Waals surface area contributed by atoms with Crippen LogP contribution in [0.5, 0.6) is 0 Å². The quantitative estimate of drug-likeness (QED) is 0.875. The van der Waals surface area contributed by atoms with E-state index in [1.165, 1.54) is 24.8 Å². The Balaban J connectivity index is 1.50. The van der Waals surface area contributed by atoms with Crippen LogP contribution in [0.15, 0.2) is 65.7 Å². The van der Waals surface area contributed by atoms with Crippen molar-refractivity contribution < 1.29 is 4.74 Å². The van der Waals surface area contributed by atoms with E-state index in [1.54, 1.807) is 0 Å². The lowest BCUT2D eigenvalue weighted by molar-refractivity contribution is 0.0399. The number of rotatable bonds is 2. The molecule has 2 fully saturated rings. The molecule has 3 heteroatoms. The van der Waals surface area contributed by atoms with Crippen LogP contribution in [-0.2, 0) is 4.74 Å². The number of fused-ring (bicyclic) bond motifs is 5. The van der Waals surface area contributed by atoms with Gasteiger partial charge in [-0.3, -0.25) is 0 Å². The van der Waals surface area contributed by atoms with Crippen molar-refractivity contribution in [2.75, 3.05) is 5.32 Å². The highest BCUT2D eigenvalue weighted by Gasteiger charge is 2.54. The third-order valence-corrected chi connectivity index (χ3v) is 5.94. The smallest absolute Gasteiger partial charge is 0.290 e. The van der Waals surface area contributed by atoms with E-state index < -0.39 is 0 Å². The lowest BCUT2D eigenvalue weighted by atomic mass is 9.78. The summed E-state index contributed by atoms with van der Waals surface area (Å²) in [7, 11) is 0. The summed E-state index contributed by atoms with van der Waals surface area (Å²) in [4.78, 5) is 4.99. The predicted molar refractivity (Wildman–Crippen MR) is 95.9 cm³/mol. The van der Waals surface area contributed by atoms with E-state index in [0.29, 0.717) is 24.0 Å². The second-order valence-electron chi connectivity index (χ2n) is 7.27. The zero-order valence-electron chi connectivity index (χ0n) is 13.6. The fourth-order valence-corrected chi connectivity index (χ4v) is 4.92. The van der Waals surface area contributed by atoms with Crippen LogP contribution in [0.25, 0.3) is 0 Å². The van der Waals surface area contributed by atoms with Gasteiger partial charge in [-0.25, -0.2) is 4.99 Å². The van der Waals surface area contributed by atoms with Crippen LogP contribution < -0.4 is 5.32 Å². The zero-order valence-corrected chi connectivity index (χ0v) is 13.6. The highest BCUT2D eigenvalue weighted by Crippen LogP contribution is 2.56. The molecular formula is C21H22N2O. The molecule has 2 aromatic rings. The lowest BCUT2D eigenvalue weighted by Crippen LogP contribution is -2.41. The molecule has 2 aliphatic carbocycles. The normalized spacial score (nSPS) is 33.5. The van der Waals surface area contributed by atoms with Gasteiger partial charge in [0.25, 0.3) is 6.02 Å². The summed E-state index contributed by atoms with van der Waals surface area (Å²) in [6, 6.07) is 21.8. The molecular weight excluding hydrogens is 296 g/mol. The first-order valence-corrected chi connectivity index (χ1v) is 9.00. The van der Waals surface area contributed by atoms with E-state index >= 15 is 0 Å². The molecule has 24 heavy (non-hydrogen) atoms. The SMILES string of the molecule is c1ccc(NC2=NC(c3ccccc3)C3C4CCC(C4)C3O2)cc1. The highest BCUT2D eigenvalue weighted by molar-refractivity contribution is 5.89. The molecule has 0 amide bonds. The van der Waals surface area contributed by atoms with E-state index in [9.17, 15) is 0 Å². The van der Waals surface area contributed by atoms with E-state index in [0.717, 1.165) is 11.6 Å². The highest BCUT2D eigenvalue weighted by atomic mass is 16.5. The molecule has 5 unspecified atom stereocenters. The van der Waals surface area contributed by atoms with E-state index in [2.05, 4.69) is 47.8 Å². The van der Waals surface area contributed by atoms with Gasteiger partial charge in [0, 0.05) is 11.6 Å². The van der Waals surface area contributed by atoms with Crippen LogP contribution >= 0.6 is 0 Å². The van der Waals surface area contributed by atoms with Crippen molar-refractivity contribution >= 4 is 11.7 Å². The Labute approximate surface area is 142 Å². The van der Waals surface area contributed by atoms with Gasteiger partial charge in [-0.05, 0) is 48.8 Å². The number of para-hydroxylation sites is 1. The summed E-state index contributed by atoms with van der Waals surface area (Å²) < 4.78 is 6.34. The number of benzene rings is 2. The van der Waals surface area contributed by atoms with Crippen molar-refractivity contribution in [3.8, 4) is 0 Å². The summed E-state index contributed by atoms with van der Waals surface area (Å²) in [6.07, 6.45) is 4.28. The fourth-order valence-electron chi connectivity index (χ4n) is 4.92. The number of aliphatic imine (C=N–C) groups is 1. The minimum atomic E-state index is 0.214. The maximum Gasteiger partial charge on any atom is 0.290 e. The Morgan fingerprint density at radius 1 is 0.875 bits per heavy atom. The van der Waals surface area contributed by atoms with Crippen LogP contribution in [0.4, 0.5) is 5.69 Å². The van der Waals surface area contributed by atoms with Gasteiger partial charge in [0.15, 0.2) is 0 Å². The number of nitrogens with one attached hydrogen (secondary N) is 1. The van der Waals surface area contributed by atoms with Crippen molar-refractivity contribution in [2.45, 2.75) is 31.4 Å². The third-order valence-electron chi connectivity index (χ3n) is 5.94. The second kappa shape index (κ2) is 5.66. The summed E-state index contributed by atoms with van der Waals surface area (Å²) in [6.45, 7) is 0. The number of nitrogens with zero attached hydrogens (tertiary/aromatic N) is 1. The van der Waals surface area contributed by atoms with Gasteiger partial charge < -0.3 is 10.1 Å². The Bertz CT molecular complexity index is 743. The second-order valence-corrected chi connectivity index (χ2v) is 7.27. The molecule has 3 nitrogen and oxygen atoms in total. The molecule has 0 aromatic heterocycles. The van der Waals surface area contributed by atoms with Gasteiger partial charge in [0.1, 0.15) is 6.10 Å². The van der Waals surface area contributed by atoms with E-state index in [1.807, 2.05) is 18.2 Å². The first kappa shape index (κ1) is 14.1. The fraction of sp³-hybridized carbons (Fsp3) is 0.381. The molecule has 2 bridgehead atoms. The van der Waals surface area contributed by atoms with Crippen molar-refractivity contribution in [2.24, 2.45) is 22.7 Å². The average molecular weight is 318 g/mol. The van der Waals surface area contributed by atoms with Gasteiger partial charge in [-0.15, -0.1) is 0 Å². The Morgan fingerprint density at radius 3 is 2.38 bits per heavy atom. The molecule has 1 N–H and O–H groups in total. The predicted octanol–water partition coefficient (Wildman–Crippen LogP) is 4.64. The molecule has 0 radical (unpaired) electrons. The van der Waals surface area contributed by atoms with E-state index in [-0.39, 0.29) is 6.04 Å². The van der Waals surface area contributed by atoms with Crippen molar-refractivity contribution in [3.05, 3.63) is 66.2 Å². The monoisotopic (exact) mass is 318 g/mol. The minimum Gasteiger partial charge on any atom is -0.461 e. The number of hydrogen-bond acceptors (Lipinski definition) is 3. The average Bonchev–Trinajstić information content (AvgIpc) is 3.25. The third kappa shape index (κ3) is 2.31. The summed E-state index contributed by atoms with van der Waals surface area (Å²) in [5.74, 6) is 2.01. The molecule has 5 rings (SSSR count). The Hall–Kier alpha value is -2.29. The van der Waals surface area contributed by atoms with Crippen LogP contribution in [-0.4, -0.2) is 12.1 Å². The van der Waals surface area contributed by atoms with Crippen molar-refractivity contribution in [3.63, 3.8) is 0 Å². The summed E-state index contributed by atoms with van der Waals surface area (Å²) in [5.41, 5.74) is 2.35. The van der Waals surface area contributed by atoms with Crippen molar-refractivity contribution in [1.82, 2.24) is 0 Å². The lowest BCUT2D eigenvalue weighted by Gasteiger charge is -2.39. The number of ether oxygens (including phenoxy) is 1. The maximum atomic E-state index is 6.34. The first-order chi connectivity index (χ1) is 11.9. The molecule has 1 aliphatic heterocycles. The minimum absolute atomic E-state index is 0.214. The topological polar surface area (TPSA) is 33.6 Å². The number of amidine groups is 1. The summed E-state index contributed by atoms with van der Waals surface area (Å²) >= 11 is 0. The summed E-state index contributed by atoms with van der Waals surface area (Å²) in [5, 5.41) is 3.38. The molecule has 2 saturated carbocycles. The Kier molecular flexibility index (Phi) is 3.32. The maximum absolute atomic E-state index is 6.34. The van der Waals surface area contributed by atoms with Crippen LogP contribution in [0.3, 0.4) is 0 Å². The van der Waals surface area contributed by atoms with E-state index in [4.69, 9.17) is 9.73 Å². The largest absolute Gasteiger partial charge is 0.461 e. The standard InChI is InChI=1S/C21H22N2O/c1-3-7-14(8-4-1)19-18-15-11-12-16(13-15)20(18)24-21(23-19)22-17-9-5-2-6-10-17/h1-10,15-16,18-20H,11-13H2,(H,22,23). The van der Waals surface area contributed by atoms with Crippen molar-refractivity contribution in [1.29, 1.82) is 0 Å². The molecule has 5 atom stereocenters. The molecule has 3 aliphatic rings. The molecule has 0 spiro atoms. The van der Waals surface area contributed by atoms with Gasteiger partial charge in [0.2, 0.25) is 0 Å². The first-order valence-electron chi connectivity index (χ1n) is 9.00. The zero-order chi connectivity index (χ0) is 15.9. The molecule has 122 valence electrons. The van der Waals surface area contributed by atoms with Crippen LogP contribution in [0.2, 0.25) is 0 Å². The van der Waals surface area contributed by atoms with Crippen LogP contribution in [0.1, 0.15) is 30.9 Å². The van der Waals surface area contributed by atoms with Gasteiger partial charge in [-0.1, -0.05) is 48.5 Å².